The van der Waals surface area contributed by atoms with Gasteiger partial charge in [-0.05, 0) is 47.7 Å². The first-order valence-electron chi connectivity index (χ1n) is 11.0. The summed E-state index contributed by atoms with van der Waals surface area (Å²) in [6.07, 6.45) is 2.00. The second kappa shape index (κ2) is 9.02. The molecule has 1 unspecified atom stereocenters. The molecule has 1 N–H and O–H groups in total. The molecule has 0 radical (unpaired) electrons. The molecule has 7 heteroatoms. The van der Waals surface area contributed by atoms with E-state index in [1.54, 1.807) is 35.4 Å². The van der Waals surface area contributed by atoms with E-state index in [4.69, 9.17) is 0 Å². The molecule has 0 fully saturated rings. The minimum atomic E-state index is -0.607. The van der Waals surface area contributed by atoms with Crippen molar-refractivity contribution in [3.05, 3.63) is 107 Å². The van der Waals surface area contributed by atoms with Crippen LogP contribution in [0.3, 0.4) is 0 Å². The van der Waals surface area contributed by atoms with Gasteiger partial charge in [0.25, 0.3) is 5.91 Å². The van der Waals surface area contributed by atoms with E-state index in [0.717, 1.165) is 16.3 Å². The topological polar surface area (TPSA) is 62.3 Å². The first-order chi connectivity index (χ1) is 16.5. The highest BCUT2D eigenvalue weighted by Gasteiger charge is 2.38. The quantitative estimate of drug-likeness (QED) is 0.408. The number of rotatable bonds is 6. The van der Waals surface area contributed by atoms with Crippen LogP contribution in [0.4, 0.5) is 14.6 Å². The van der Waals surface area contributed by atoms with Crippen molar-refractivity contribution < 1.29 is 18.4 Å². The summed E-state index contributed by atoms with van der Waals surface area (Å²) < 4.78 is 28.1. The summed E-state index contributed by atoms with van der Waals surface area (Å²) in [6.45, 7) is 0.186. The summed E-state index contributed by atoms with van der Waals surface area (Å²) in [4.78, 5) is 31.6. The second-order valence-corrected chi connectivity index (χ2v) is 8.28. The molecule has 2 amide bonds. The third kappa shape index (κ3) is 4.24. The zero-order chi connectivity index (χ0) is 23.7. The fraction of sp³-hybridized carbons (Fsp3) is 0.148. The Morgan fingerprint density at radius 3 is 2.53 bits per heavy atom. The molecule has 0 bridgehead atoms. The summed E-state index contributed by atoms with van der Waals surface area (Å²) in [5.74, 6) is -1.00. The van der Waals surface area contributed by atoms with E-state index < -0.39 is 11.9 Å². The van der Waals surface area contributed by atoms with Gasteiger partial charge < -0.3 is 10.2 Å². The van der Waals surface area contributed by atoms with Crippen molar-refractivity contribution in [2.24, 2.45) is 0 Å². The monoisotopic (exact) mass is 457 g/mol. The Hall–Kier alpha value is -4.13. The number of benzene rings is 3. The molecular weight excluding hydrogens is 436 g/mol. The number of aromatic nitrogens is 1. The van der Waals surface area contributed by atoms with E-state index in [1.807, 2.05) is 24.3 Å². The molecule has 170 valence electrons. The van der Waals surface area contributed by atoms with Gasteiger partial charge in [-0.25, -0.2) is 13.8 Å². The average molecular weight is 457 g/mol. The third-order valence-corrected chi connectivity index (χ3v) is 6.06. The predicted octanol–water partition coefficient (Wildman–Crippen LogP) is 5.63. The van der Waals surface area contributed by atoms with Crippen molar-refractivity contribution in [3.63, 3.8) is 0 Å². The number of hydrogen-bond donors (Lipinski definition) is 1. The summed E-state index contributed by atoms with van der Waals surface area (Å²) >= 11 is 0. The Morgan fingerprint density at radius 1 is 0.971 bits per heavy atom. The number of nitrogens with one attached hydrogen (secondary N) is 1. The lowest BCUT2D eigenvalue weighted by atomic mass is 9.99. The maximum atomic E-state index is 14.8. The molecule has 34 heavy (non-hydrogen) atoms. The van der Waals surface area contributed by atoms with Crippen LogP contribution in [0.1, 0.15) is 40.4 Å². The number of hydrogen-bond acceptors (Lipinski definition) is 3. The highest BCUT2D eigenvalue weighted by atomic mass is 19.1. The lowest BCUT2D eigenvalue weighted by Crippen LogP contribution is -2.28. The fourth-order valence-electron chi connectivity index (χ4n) is 4.41. The molecule has 4 aromatic rings. The van der Waals surface area contributed by atoms with Crippen molar-refractivity contribution >= 4 is 28.4 Å². The van der Waals surface area contributed by atoms with Gasteiger partial charge in [-0.3, -0.25) is 9.59 Å². The molecule has 0 saturated carbocycles. The molecule has 1 aliphatic heterocycles. The lowest BCUT2D eigenvalue weighted by molar-refractivity contribution is -0.116. The van der Waals surface area contributed by atoms with Gasteiger partial charge in [0.2, 0.25) is 5.91 Å². The number of carbonyl (C=O) groups excluding carboxylic acids is 2. The van der Waals surface area contributed by atoms with Crippen LogP contribution in [-0.2, 0) is 11.3 Å². The summed E-state index contributed by atoms with van der Waals surface area (Å²) in [5, 5.41) is 4.71. The van der Waals surface area contributed by atoms with E-state index in [0.29, 0.717) is 16.9 Å². The highest BCUT2D eigenvalue weighted by molar-refractivity contribution is 5.99. The van der Waals surface area contributed by atoms with Gasteiger partial charge in [-0.2, -0.15) is 0 Å². The minimum absolute atomic E-state index is 0.0696. The van der Waals surface area contributed by atoms with Gasteiger partial charge in [0.05, 0.1) is 6.04 Å². The van der Waals surface area contributed by atoms with Crippen molar-refractivity contribution in [1.82, 2.24) is 9.88 Å². The molecule has 0 saturated heterocycles. The van der Waals surface area contributed by atoms with Gasteiger partial charge >= 0.3 is 0 Å². The van der Waals surface area contributed by atoms with E-state index in [2.05, 4.69) is 10.3 Å². The average Bonchev–Trinajstić information content (AvgIpc) is 3.11. The highest BCUT2D eigenvalue weighted by Crippen LogP contribution is 2.39. The Bertz CT molecular complexity index is 1390. The van der Waals surface area contributed by atoms with Crippen LogP contribution in [0, 0.1) is 11.6 Å². The van der Waals surface area contributed by atoms with E-state index in [1.165, 1.54) is 24.3 Å². The van der Waals surface area contributed by atoms with Gasteiger partial charge in [0.15, 0.2) is 0 Å². The molecule has 5 nitrogen and oxygen atoms in total. The fourth-order valence-corrected chi connectivity index (χ4v) is 4.41. The van der Waals surface area contributed by atoms with Crippen LogP contribution in [0.2, 0.25) is 0 Å². The Kier molecular flexibility index (Phi) is 5.76. The van der Waals surface area contributed by atoms with E-state index in [-0.39, 0.29) is 37.0 Å². The number of amides is 2. The van der Waals surface area contributed by atoms with Gasteiger partial charge in [-0.1, -0.05) is 42.5 Å². The maximum absolute atomic E-state index is 14.8. The zero-order valence-electron chi connectivity index (χ0n) is 18.2. The number of pyridine rings is 1. The number of anilines is 1. The molecule has 0 spiro atoms. The van der Waals surface area contributed by atoms with Crippen LogP contribution >= 0.6 is 0 Å². The standard InChI is InChI=1S/C27H21F2N3O2/c28-20-10-8-17(9-11-20)16-32-23(26-21(27(32)34)6-3-7-22(26)29)12-13-25(33)31-24-14-18-4-1-2-5-19(18)15-30-24/h1-11,14-15,23H,12-13,16H2,(H,30,31,33). The Morgan fingerprint density at radius 2 is 1.74 bits per heavy atom. The molecule has 2 heterocycles. The van der Waals surface area contributed by atoms with Gasteiger partial charge in [0, 0.05) is 35.7 Å². The molecule has 1 aromatic heterocycles. The molecular formula is C27H21F2N3O2. The van der Waals surface area contributed by atoms with Crippen LogP contribution < -0.4 is 5.32 Å². The van der Waals surface area contributed by atoms with Crippen molar-refractivity contribution in [2.45, 2.75) is 25.4 Å². The smallest absolute Gasteiger partial charge is 0.255 e. The number of nitrogens with zero attached hydrogens (tertiary/aromatic N) is 2. The van der Waals surface area contributed by atoms with Crippen molar-refractivity contribution in [2.75, 3.05) is 5.32 Å². The SMILES string of the molecule is O=C(CCC1c2c(F)cccc2C(=O)N1Cc1ccc(F)cc1)Nc1cc2ccccc2cn1. The van der Waals surface area contributed by atoms with E-state index in [9.17, 15) is 18.4 Å². The summed E-state index contributed by atoms with van der Waals surface area (Å²) in [7, 11) is 0. The lowest BCUT2D eigenvalue weighted by Gasteiger charge is -2.25. The summed E-state index contributed by atoms with van der Waals surface area (Å²) in [6, 6.07) is 19.1. The zero-order valence-corrected chi connectivity index (χ0v) is 18.2. The predicted molar refractivity (Wildman–Crippen MR) is 125 cm³/mol. The molecule has 1 aliphatic rings. The van der Waals surface area contributed by atoms with Gasteiger partial charge in [-0.15, -0.1) is 0 Å². The van der Waals surface area contributed by atoms with Crippen molar-refractivity contribution in [3.8, 4) is 0 Å². The molecule has 5 rings (SSSR count). The molecule has 3 aromatic carbocycles. The Labute approximate surface area is 195 Å². The van der Waals surface area contributed by atoms with Crippen molar-refractivity contribution in [1.29, 1.82) is 0 Å². The minimum Gasteiger partial charge on any atom is -0.327 e. The van der Waals surface area contributed by atoms with E-state index >= 15 is 0 Å². The maximum Gasteiger partial charge on any atom is 0.255 e. The number of fused-ring (bicyclic) bond motifs is 2. The van der Waals surface area contributed by atoms with Crippen LogP contribution in [0.15, 0.2) is 79.0 Å². The van der Waals surface area contributed by atoms with Crippen LogP contribution in [0.5, 0.6) is 0 Å². The molecule has 1 atom stereocenters. The first kappa shape index (κ1) is 21.7. The normalized spacial score (nSPS) is 14.9. The van der Waals surface area contributed by atoms with Crippen LogP contribution in [0.25, 0.3) is 10.8 Å². The Balaban J connectivity index is 1.34. The van der Waals surface area contributed by atoms with Crippen LogP contribution in [-0.4, -0.2) is 21.7 Å². The first-order valence-corrected chi connectivity index (χ1v) is 11.0. The second-order valence-electron chi connectivity index (χ2n) is 8.28. The van der Waals surface area contributed by atoms with Gasteiger partial charge in [0.1, 0.15) is 17.5 Å². The molecule has 0 aliphatic carbocycles. The third-order valence-electron chi connectivity index (χ3n) is 6.06. The number of halogens is 2. The largest absolute Gasteiger partial charge is 0.327 e. The summed E-state index contributed by atoms with van der Waals surface area (Å²) in [5.41, 5.74) is 1.31. The number of carbonyl (C=O) groups is 2.